The molecule has 0 aliphatic heterocycles. The molecule has 0 saturated carbocycles. The van der Waals surface area contributed by atoms with Crippen molar-refractivity contribution in [3.05, 3.63) is 24.3 Å². The number of aromatic hydroxyl groups is 1. The second kappa shape index (κ2) is 2.82. The summed E-state index contributed by atoms with van der Waals surface area (Å²) in [6, 6.07) is 6.15. The van der Waals surface area contributed by atoms with Gasteiger partial charge >= 0.3 is 6.47 Å². The maximum atomic E-state index is 9.99. The van der Waals surface area contributed by atoms with Crippen LogP contribution in [0.5, 0.6) is 11.7 Å². The van der Waals surface area contributed by atoms with Crippen LogP contribution in [-0.4, -0.2) is 11.6 Å². The van der Waals surface area contributed by atoms with Crippen molar-refractivity contribution in [3.63, 3.8) is 0 Å². The molecule has 1 heterocycles. The van der Waals surface area contributed by atoms with Crippen molar-refractivity contribution >= 4 is 17.4 Å². The number of rotatable bonds is 2. The Morgan fingerprint density at radius 2 is 2.23 bits per heavy atom. The molecule has 0 radical (unpaired) electrons. The van der Waals surface area contributed by atoms with Gasteiger partial charge in [-0.15, -0.1) is 0 Å². The molecule has 0 aliphatic rings. The van der Waals surface area contributed by atoms with Gasteiger partial charge in [-0.1, -0.05) is 0 Å². The average Bonchev–Trinajstić information content (AvgIpc) is 2.46. The van der Waals surface area contributed by atoms with Gasteiger partial charge in [0.15, 0.2) is 0 Å². The van der Waals surface area contributed by atoms with E-state index in [0.29, 0.717) is 11.0 Å². The third-order valence-electron chi connectivity index (χ3n) is 1.64. The number of hydrogen-bond acceptors (Lipinski definition) is 4. The first-order chi connectivity index (χ1) is 6.29. The molecule has 0 spiro atoms. The second-order valence-corrected chi connectivity index (χ2v) is 2.50. The first-order valence-electron chi connectivity index (χ1n) is 3.62. The zero-order chi connectivity index (χ0) is 9.26. The number of benzene rings is 1. The number of phenols is 1. The van der Waals surface area contributed by atoms with Gasteiger partial charge in [0.2, 0.25) is 0 Å². The maximum absolute atomic E-state index is 9.99. The summed E-state index contributed by atoms with van der Waals surface area (Å²) in [6.45, 7) is 0.289. The fraction of sp³-hybridized carbons (Fsp3) is 0. The molecular weight excluding hydrogens is 172 g/mol. The summed E-state index contributed by atoms with van der Waals surface area (Å²) < 4.78 is 9.60. The minimum atomic E-state index is 0.121. The lowest BCUT2D eigenvalue weighted by atomic mass is 10.2. The molecule has 0 unspecified atom stereocenters. The highest BCUT2D eigenvalue weighted by atomic mass is 16.6. The van der Waals surface area contributed by atoms with Crippen LogP contribution in [0, 0.1) is 0 Å². The van der Waals surface area contributed by atoms with Crippen molar-refractivity contribution in [2.24, 2.45) is 0 Å². The normalized spacial score (nSPS) is 10.2. The molecule has 2 aromatic rings. The van der Waals surface area contributed by atoms with Crippen LogP contribution in [-0.2, 0) is 4.79 Å². The average molecular weight is 178 g/mol. The molecule has 1 aromatic heterocycles. The lowest BCUT2D eigenvalue weighted by Crippen LogP contribution is -1.83. The maximum Gasteiger partial charge on any atom is 0.300 e. The molecule has 4 nitrogen and oxygen atoms in total. The molecule has 0 fully saturated rings. The zero-order valence-electron chi connectivity index (χ0n) is 6.56. The predicted octanol–water partition coefficient (Wildman–Crippen LogP) is 1.67. The standard InChI is InChI=1S/C9H6O4/c10-5-12-9-4-6-3-7(11)1-2-8(6)13-9/h1-5,11H. The molecule has 1 N–H and O–H groups in total. The van der Waals surface area contributed by atoms with E-state index in [1.54, 1.807) is 6.07 Å². The lowest BCUT2D eigenvalue weighted by molar-refractivity contribution is -0.121. The van der Waals surface area contributed by atoms with Crippen molar-refractivity contribution in [3.8, 4) is 11.7 Å². The SMILES string of the molecule is O=COc1cc2cc(O)ccc2o1. The largest absolute Gasteiger partial charge is 0.508 e. The highest BCUT2D eigenvalue weighted by Gasteiger charge is 2.04. The van der Waals surface area contributed by atoms with Gasteiger partial charge in [0, 0.05) is 11.5 Å². The van der Waals surface area contributed by atoms with E-state index in [2.05, 4.69) is 4.74 Å². The number of ether oxygens (including phenoxy) is 1. The molecule has 0 aliphatic carbocycles. The molecule has 0 bridgehead atoms. The van der Waals surface area contributed by atoms with Gasteiger partial charge in [-0.05, 0) is 18.2 Å². The summed E-state index contributed by atoms with van der Waals surface area (Å²) in [5.41, 5.74) is 0.564. The van der Waals surface area contributed by atoms with Crippen molar-refractivity contribution in [1.29, 1.82) is 0 Å². The first-order valence-corrected chi connectivity index (χ1v) is 3.62. The molecular formula is C9H6O4. The second-order valence-electron chi connectivity index (χ2n) is 2.50. The van der Waals surface area contributed by atoms with Crippen molar-refractivity contribution in [2.45, 2.75) is 0 Å². The number of carbonyl (C=O) groups is 1. The van der Waals surface area contributed by atoms with Crippen molar-refractivity contribution < 1.29 is 19.1 Å². The van der Waals surface area contributed by atoms with E-state index in [9.17, 15) is 4.79 Å². The zero-order valence-corrected chi connectivity index (χ0v) is 6.56. The monoisotopic (exact) mass is 178 g/mol. The van der Waals surface area contributed by atoms with E-state index in [1.807, 2.05) is 0 Å². The van der Waals surface area contributed by atoms with Crippen LogP contribution >= 0.6 is 0 Å². The molecule has 0 atom stereocenters. The molecule has 0 amide bonds. The smallest absolute Gasteiger partial charge is 0.300 e. The Hall–Kier alpha value is -1.97. The van der Waals surface area contributed by atoms with Gasteiger partial charge < -0.3 is 14.3 Å². The molecule has 4 heteroatoms. The molecule has 1 aromatic carbocycles. The Morgan fingerprint density at radius 3 is 3.00 bits per heavy atom. The summed E-state index contributed by atoms with van der Waals surface area (Å²) >= 11 is 0. The van der Waals surface area contributed by atoms with Gasteiger partial charge in [-0.2, -0.15) is 0 Å². The number of fused-ring (bicyclic) bond motifs is 1. The van der Waals surface area contributed by atoms with Crippen LogP contribution in [0.2, 0.25) is 0 Å². The Balaban J connectivity index is 2.55. The highest BCUT2D eigenvalue weighted by molar-refractivity contribution is 5.80. The van der Waals surface area contributed by atoms with E-state index in [0.717, 1.165) is 0 Å². The summed E-state index contributed by atoms with van der Waals surface area (Å²) in [6.07, 6.45) is 0. The predicted molar refractivity (Wildman–Crippen MR) is 44.6 cm³/mol. The summed E-state index contributed by atoms with van der Waals surface area (Å²) in [5.74, 6) is 0.265. The Labute approximate surface area is 73.3 Å². The van der Waals surface area contributed by atoms with Gasteiger partial charge in [0.1, 0.15) is 11.3 Å². The fourth-order valence-corrected chi connectivity index (χ4v) is 1.11. The Bertz CT molecular complexity index is 444. The molecule has 66 valence electrons. The van der Waals surface area contributed by atoms with Gasteiger partial charge in [-0.25, -0.2) is 0 Å². The van der Waals surface area contributed by atoms with Crippen LogP contribution in [0.4, 0.5) is 0 Å². The fourth-order valence-electron chi connectivity index (χ4n) is 1.11. The summed E-state index contributed by atoms with van der Waals surface area (Å²) in [4.78, 5) is 9.99. The van der Waals surface area contributed by atoms with Crippen LogP contribution in [0.1, 0.15) is 0 Å². The quantitative estimate of drug-likeness (QED) is 0.710. The van der Waals surface area contributed by atoms with Crippen LogP contribution in [0.15, 0.2) is 28.7 Å². The van der Waals surface area contributed by atoms with E-state index in [4.69, 9.17) is 9.52 Å². The highest BCUT2D eigenvalue weighted by Crippen LogP contribution is 2.27. The molecule has 0 saturated heterocycles. The first kappa shape index (κ1) is 7.67. The third kappa shape index (κ3) is 1.33. The number of hydrogen-bond donors (Lipinski definition) is 1. The minimum absolute atomic E-state index is 0.121. The van der Waals surface area contributed by atoms with E-state index < -0.39 is 0 Å². The number of phenolic OH excluding ortho intramolecular Hbond substituents is 1. The van der Waals surface area contributed by atoms with Gasteiger partial charge in [0.05, 0.1) is 0 Å². The molecule has 2 rings (SSSR count). The Kier molecular flexibility index (Phi) is 1.66. The number of carbonyl (C=O) groups excluding carboxylic acids is 1. The van der Waals surface area contributed by atoms with Gasteiger partial charge in [-0.3, -0.25) is 4.79 Å². The topological polar surface area (TPSA) is 59.7 Å². The summed E-state index contributed by atoms with van der Waals surface area (Å²) in [7, 11) is 0. The summed E-state index contributed by atoms with van der Waals surface area (Å²) in [5, 5.41) is 9.81. The van der Waals surface area contributed by atoms with E-state index in [1.165, 1.54) is 18.2 Å². The van der Waals surface area contributed by atoms with Crippen LogP contribution < -0.4 is 4.74 Å². The van der Waals surface area contributed by atoms with E-state index in [-0.39, 0.29) is 18.2 Å². The lowest BCUT2D eigenvalue weighted by Gasteiger charge is -1.88. The Morgan fingerprint density at radius 1 is 1.38 bits per heavy atom. The van der Waals surface area contributed by atoms with Crippen molar-refractivity contribution in [2.75, 3.05) is 0 Å². The van der Waals surface area contributed by atoms with Gasteiger partial charge in [0.25, 0.3) is 5.95 Å². The van der Waals surface area contributed by atoms with E-state index >= 15 is 0 Å². The minimum Gasteiger partial charge on any atom is -0.508 e. The van der Waals surface area contributed by atoms with Crippen LogP contribution in [0.3, 0.4) is 0 Å². The van der Waals surface area contributed by atoms with Crippen molar-refractivity contribution in [1.82, 2.24) is 0 Å². The van der Waals surface area contributed by atoms with Crippen LogP contribution in [0.25, 0.3) is 11.0 Å². The molecule has 13 heavy (non-hydrogen) atoms. The third-order valence-corrected chi connectivity index (χ3v) is 1.64. The number of furan rings is 1.